The van der Waals surface area contributed by atoms with E-state index in [4.69, 9.17) is 13.7 Å². The smallest absolute Gasteiger partial charge is 0.319 e. The van der Waals surface area contributed by atoms with Crippen molar-refractivity contribution in [2.75, 3.05) is 12.4 Å². The maximum atomic E-state index is 12.3. The number of aromatic nitrogens is 3. The Bertz CT molecular complexity index is 928. The number of anilines is 1. The first-order chi connectivity index (χ1) is 13.0. The van der Waals surface area contributed by atoms with E-state index < -0.39 is 0 Å². The van der Waals surface area contributed by atoms with Gasteiger partial charge >= 0.3 is 6.03 Å². The van der Waals surface area contributed by atoms with Crippen LogP contribution in [-0.2, 0) is 13.0 Å². The molecule has 9 nitrogen and oxygen atoms in total. The Hall–Kier alpha value is -3.36. The SMILES string of the molecule is CCc1nnc(-c2ccc(OC)c(NC(=O)NCc3c(C)noc3C)c2)o1. The van der Waals surface area contributed by atoms with Crippen LogP contribution in [0.4, 0.5) is 10.5 Å². The molecule has 0 saturated carbocycles. The van der Waals surface area contributed by atoms with Crippen molar-refractivity contribution in [2.24, 2.45) is 0 Å². The minimum absolute atomic E-state index is 0.304. The molecule has 0 atom stereocenters. The number of nitrogens with zero attached hydrogens (tertiary/aromatic N) is 3. The van der Waals surface area contributed by atoms with Gasteiger partial charge in [0.1, 0.15) is 11.5 Å². The lowest BCUT2D eigenvalue weighted by Gasteiger charge is -2.12. The molecule has 0 aliphatic heterocycles. The van der Waals surface area contributed by atoms with E-state index in [-0.39, 0.29) is 6.03 Å². The van der Waals surface area contributed by atoms with Gasteiger partial charge in [-0.2, -0.15) is 0 Å². The molecule has 9 heteroatoms. The fourth-order valence-electron chi connectivity index (χ4n) is 2.54. The summed E-state index contributed by atoms with van der Waals surface area (Å²) in [6, 6.07) is 4.86. The first kappa shape index (κ1) is 18.4. The van der Waals surface area contributed by atoms with Crippen LogP contribution in [0.1, 0.15) is 29.8 Å². The zero-order valence-corrected chi connectivity index (χ0v) is 15.6. The molecule has 2 amide bonds. The minimum atomic E-state index is -0.384. The number of hydrogen-bond acceptors (Lipinski definition) is 7. The van der Waals surface area contributed by atoms with Gasteiger partial charge in [-0.15, -0.1) is 10.2 Å². The van der Waals surface area contributed by atoms with Gasteiger partial charge in [-0.1, -0.05) is 12.1 Å². The first-order valence-corrected chi connectivity index (χ1v) is 8.49. The molecule has 0 spiro atoms. The number of ether oxygens (including phenoxy) is 1. The fourth-order valence-corrected chi connectivity index (χ4v) is 2.54. The molecule has 0 fully saturated rings. The van der Waals surface area contributed by atoms with Crippen LogP contribution in [-0.4, -0.2) is 28.5 Å². The van der Waals surface area contributed by atoms with Crippen LogP contribution in [0, 0.1) is 13.8 Å². The monoisotopic (exact) mass is 371 g/mol. The molecule has 3 rings (SSSR count). The standard InChI is InChI=1S/C18H21N5O4/c1-5-16-21-22-17(26-16)12-6-7-15(25-4)14(8-12)20-18(24)19-9-13-10(2)23-27-11(13)3/h6-8H,5,9H2,1-4H3,(H2,19,20,24). The van der Waals surface area contributed by atoms with E-state index in [1.807, 2.05) is 13.8 Å². The van der Waals surface area contributed by atoms with Crippen LogP contribution < -0.4 is 15.4 Å². The molecule has 142 valence electrons. The number of carbonyl (C=O) groups is 1. The van der Waals surface area contributed by atoms with Crippen molar-refractivity contribution in [3.8, 4) is 17.2 Å². The van der Waals surface area contributed by atoms with E-state index in [0.29, 0.717) is 47.5 Å². The van der Waals surface area contributed by atoms with E-state index in [0.717, 1.165) is 11.3 Å². The fraction of sp³-hybridized carbons (Fsp3) is 0.333. The highest BCUT2D eigenvalue weighted by atomic mass is 16.5. The molecule has 2 N–H and O–H groups in total. The van der Waals surface area contributed by atoms with Crippen LogP contribution in [0.5, 0.6) is 5.75 Å². The molecule has 2 heterocycles. The summed E-state index contributed by atoms with van der Waals surface area (Å²) < 4.78 is 16.0. The Kier molecular flexibility index (Phi) is 5.39. The molecular formula is C18H21N5O4. The molecule has 0 radical (unpaired) electrons. The number of carbonyl (C=O) groups excluding carboxylic acids is 1. The van der Waals surface area contributed by atoms with Crippen LogP contribution in [0.15, 0.2) is 27.1 Å². The van der Waals surface area contributed by atoms with Crippen molar-refractivity contribution in [2.45, 2.75) is 33.7 Å². The predicted molar refractivity (Wildman–Crippen MR) is 97.5 cm³/mol. The van der Waals surface area contributed by atoms with Crippen molar-refractivity contribution in [1.82, 2.24) is 20.7 Å². The molecule has 0 aliphatic carbocycles. The van der Waals surface area contributed by atoms with Gasteiger partial charge in [0.25, 0.3) is 0 Å². The Morgan fingerprint density at radius 2 is 2.07 bits per heavy atom. The van der Waals surface area contributed by atoms with Gasteiger partial charge in [0, 0.05) is 24.1 Å². The normalized spacial score (nSPS) is 10.7. The van der Waals surface area contributed by atoms with E-state index >= 15 is 0 Å². The summed E-state index contributed by atoms with van der Waals surface area (Å²) in [5.74, 6) is 2.12. The van der Waals surface area contributed by atoms with Crippen molar-refractivity contribution < 1.29 is 18.5 Å². The number of rotatable bonds is 6. The highest BCUT2D eigenvalue weighted by Gasteiger charge is 2.14. The summed E-state index contributed by atoms with van der Waals surface area (Å²) in [6.45, 7) is 5.86. The molecular weight excluding hydrogens is 350 g/mol. The van der Waals surface area contributed by atoms with Crippen LogP contribution in [0.25, 0.3) is 11.5 Å². The molecule has 0 aliphatic rings. The van der Waals surface area contributed by atoms with Gasteiger partial charge in [0.05, 0.1) is 18.5 Å². The number of amides is 2. The van der Waals surface area contributed by atoms with E-state index in [1.54, 1.807) is 25.1 Å². The third-order valence-corrected chi connectivity index (χ3v) is 4.07. The first-order valence-electron chi connectivity index (χ1n) is 8.49. The largest absolute Gasteiger partial charge is 0.495 e. The molecule has 3 aromatic rings. The summed E-state index contributed by atoms with van der Waals surface area (Å²) in [7, 11) is 1.53. The number of methoxy groups -OCH3 is 1. The topological polar surface area (TPSA) is 115 Å². The molecule has 2 aromatic heterocycles. The lowest BCUT2D eigenvalue weighted by atomic mass is 10.2. The van der Waals surface area contributed by atoms with Crippen molar-refractivity contribution in [3.05, 3.63) is 41.1 Å². The van der Waals surface area contributed by atoms with Crippen LogP contribution in [0.2, 0.25) is 0 Å². The number of hydrogen-bond donors (Lipinski definition) is 2. The number of nitrogens with one attached hydrogen (secondary N) is 2. The second-order valence-corrected chi connectivity index (χ2v) is 5.88. The summed E-state index contributed by atoms with van der Waals surface area (Å²) >= 11 is 0. The Morgan fingerprint density at radius 1 is 1.26 bits per heavy atom. The predicted octanol–water partition coefficient (Wildman–Crippen LogP) is 3.23. The van der Waals surface area contributed by atoms with Gasteiger partial charge in [0.2, 0.25) is 11.8 Å². The van der Waals surface area contributed by atoms with E-state index in [9.17, 15) is 4.79 Å². The lowest BCUT2D eigenvalue weighted by molar-refractivity contribution is 0.251. The summed E-state index contributed by atoms with van der Waals surface area (Å²) in [5, 5.41) is 17.4. The number of aryl methyl sites for hydroxylation is 3. The maximum Gasteiger partial charge on any atom is 0.319 e. The highest BCUT2D eigenvalue weighted by Crippen LogP contribution is 2.30. The summed E-state index contributed by atoms with van der Waals surface area (Å²) in [6.07, 6.45) is 0.651. The third-order valence-electron chi connectivity index (χ3n) is 4.07. The number of benzene rings is 1. The van der Waals surface area contributed by atoms with Gasteiger partial charge in [-0.05, 0) is 32.0 Å². The quantitative estimate of drug-likeness (QED) is 0.683. The van der Waals surface area contributed by atoms with E-state index in [2.05, 4.69) is 26.0 Å². The van der Waals surface area contributed by atoms with Crippen LogP contribution >= 0.6 is 0 Å². The van der Waals surface area contributed by atoms with Crippen molar-refractivity contribution in [3.63, 3.8) is 0 Å². The average Bonchev–Trinajstić information content (AvgIpc) is 3.27. The molecule has 1 aromatic carbocycles. The zero-order chi connectivity index (χ0) is 19.4. The number of urea groups is 1. The maximum absolute atomic E-state index is 12.3. The highest BCUT2D eigenvalue weighted by molar-refractivity contribution is 5.91. The summed E-state index contributed by atoms with van der Waals surface area (Å²) in [5.41, 5.74) is 2.77. The Labute approximate surface area is 156 Å². The Balaban J connectivity index is 1.74. The third kappa shape index (κ3) is 4.08. The van der Waals surface area contributed by atoms with Gasteiger partial charge in [-0.25, -0.2) is 4.79 Å². The van der Waals surface area contributed by atoms with E-state index in [1.165, 1.54) is 7.11 Å². The molecule has 0 saturated heterocycles. The second kappa shape index (κ2) is 7.90. The van der Waals surface area contributed by atoms with Crippen LogP contribution in [0.3, 0.4) is 0 Å². The molecule has 0 bridgehead atoms. The van der Waals surface area contributed by atoms with Crippen molar-refractivity contribution in [1.29, 1.82) is 0 Å². The lowest BCUT2D eigenvalue weighted by Crippen LogP contribution is -2.28. The summed E-state index contributed by atoms with van der Waals surface area (Å²) in [4.78, 5) is 12.3. The average molecular weight is 371 g/mol. The second-order valence-electron chi connectivity index (χ2n) is 5.88. The molecule has 0 unspecified atom stereocenters. The zero-order valence-electron chi connectivity index (χ0n) is 15.6. The molecule has 27 heavy (non-hydrogen) atoms. The van der Waals surface area contributed by atoms with Gasteiger partial charge in [-0.3, -0.25) is 0 Å². The van der Waals surface area contributed by atoms with Gasteiger partial charge in [0.15, 0.2) is 0 Å². The van der Waals surface area contributed by atoms with Gasteiger partial charge < -0.3 is 24.3 Å². The Morgan fingerprint density at radius 3 is 2.70 bits per heavy atom. The minimum Gasteiger partial charge on any atom is -0.495 e. The van der Waals surface area contributed by atoms with Crippen molar-refractivity contribution >= 4 is 11.7 Å².